The SMILES string of the molecule is CC(C)CNC(=O)[C@H](C)Oc1ccc(S(=O)(=O)Nc2ccc(Cl)cc2C(=O)c2ccccc2)cc1. The molecule has 0 aromatic heterocycles. The molecule has 1 atom stereocenters. The van der Waals surface area contributed by atoms with Crippen LogP contribution in [0.2, 0.25) is 5.02 Å². The first-order valence-corrected chi connectivity index (χ1v) is 12.9. The maximum Gasteiger partial charge on any atom is 0.261 e. The van der Waals surface area contributed by atoms with E-state index in [1.165, 1.54) is 42.5 Å². The van der Waals surface area contributed by atoms with Gasteiger partial charge < -0.3 is 10.1 Å². The Hall–Kier alpha value is -3.36. The van der Waals surface area contributed by atoms with E-state index in [1.54, 1.807) is 37.3 Å². The van der Waals surface area contributed by atoms with E-state index in [0.717, 1.165) is 0 Å². The van der Waals surface area contributed by atoms with Crippen molar-refractivity contribution in [3.63, 3.8) is 0 Å². The number of anilines is 1. The molecule has 3 rings (SSSR count). The molecule has 0 saturated heterocycles. The summed E-state index contributed by atoms with van der Waals surface area (Å²) in [5.74, 6) is 0.0459. The zero-order valence-corrected chi connectivity index (χ0v) is 21.2. The van der Waals surface area contributed by atoms with E-state index < -0.39 is 16.1 Å². The van der Waals surface area contributed by atoms with Crippen LogP contribution in [0.4, 0.5) is 5.69 Å². The molecule has 35 heavy (non-hydrogen) atoms. The summed E-state index contributed by atoms with van der Waals surface area (Å²) in [7, 11) is -4.02. The van der Waals surface area contributed by atoms with E-state index in [0.29, 0.717) is 28.8 Å². The highest BCUT2D eigenvalue weighted by Gasteiger charge is 2.21. The van der Waals surface area contributed by atoms with Crippen molar-refractivity contribution in [3.8, 4) is 5.75 Å². The molecular formula is C26H27ClN2O5S. The lowest BCUT2D eigenvalue weighted by molar-refractivity contribution is -0.127. The number of carbonyl (C=O) groups excluding carboxylic acids is 2. The van der Waals surface area contributed by atoms with Gasteiger partial charge in [0.1, 0.15) is 5.75 Å². The first-order valence-electron chi connectivity index (χ1n) is 11.0. The molecule has 7 nitrogen and oxygen atoms in total. The average molecular weight is 515 g/mol. The van der Waals surface area contributed by atoms with Crippen molar-refractivity contribution in [2.75, 3.05) is 11.3 Å². The van der Waals surface area contributed by atoms with E-state index in [4.69, 9.17) is 16.3 Å². The number of carbonyl (C=O) groups is 2. The Morgan fingerprint density at radius 3 is 2.23 bits per heavy atom. The van der Waals surface area contributed by atoms with E-state index >= 15 is 0 Å². The number of rotatable bonds is 10. The predicted octanol–water partition coefficient (Wildman–Crippen LogP) is 4.91. The van der Waals surface area contributed by atoms with Crippen molar-refractivity contribution < 1.29 is 22.7 Å². The number of sulfonamides is 1. The van der Waals surface area contributed by atoms with Gasteiger partial charge in [-0.2, -0.15) is 0 Å². The Kier molecular flexibility index (Phi) is 8.53. The molecule has 0 saturated carbocycles. The minimum absolute atomic E-state index is 0.0326. The summed E-state index contributed by atoms with van der Waals surface area (Å²) in [6.07, 6.45) is -0.741. The van der Waals surface area contributed by atoms with Gasteiger partial charge in [0.15, 0.2) is 11.9 Å². The molecule has 0 aliphatic heterocycles. The maximum absolute atomic E-state index is 13.0. The fraction of sp³-hybridized carbons (Fsp3) is 0.231. The summed E-state index contributed by atoms with van der Waals surface area (Å²) >= 11 is 6.08. The topological polar surface area (TPSA) is 102 Å². The number of amides is 1. The molecule has 0 bridgehead atoms. The second-order valence-corrected chi connectivity index (χ2v) is 10.5. The third-order valence-corrected chi connectivity index (χ3v) is 6.62. The van der Waals surface area contributed by atoms with Crippen LogP contribution in [0.3, 0.4) is 0 Å². The van der Waals surface area contributed by atoms with Gasteiger partial charge in [-0.05, 0) is 55.3 Å². The van der Waals surface area contributed by atoms with Gasteiger partial charge in [0.05, 0.1) is 10.6 Å². The predicted molar refractivity (Wildman–Crippen MR) is 137 cm³/mol. The number of hydrogen-bond acceptors (Lipinski definition) is 5. The van der Waals surface area contributed by atoms with E-state index in [1.807, 2.05) is 13.8 Å². The fourth-order valence-corrected chi connectivity index (χ4v) is 4.40. The molecule has 3 aromatic carbocycles. The normalized spacial score (nSPS) is 12.1. The van der Waals surface area contributed by atoms with Crippen LogP contribution in [-0.4, -0.2) is 32.8 Å². The highest BCUT2D eigenvalue weighted by molar-refractivity contribution is 7.92. The summed E-state index contributed by atoms with van der Waals surface area (Å²) in [6.45, 7) is 6.13. The average Bonchev–Trinajstić information content (AvgIpc) is 2.83. The lowest BCUT2D eigenvalue weighted by Gasteiger charge is -2.16. The minimum atomic E-state index is -4.02. The second kappa shape index (κ2) is 11.4. The Labute approximate surface area is 210 Å². The molecule has 0 aliphatic carbocycles. The Bertz CT molecular complexity index is 1290. The van der Waals surface area contributed by atoms with Crippen molar-refractivity contribution in [1.29, 1.82) is 0 Å². The summed E-state index contributed by atoms with van der Waals surface area (Å²) < 4.78 is 34.2. The van der Waals surface area contributed by atoms with Crippen LogP contribution < -0.4 is 14.8 Å². The zero-order valence-electron chi connectivity index (χ0n) is 19.6. The molecule has 0 spiro atoms. The Balaban J connectivity index is 1.77. The van der Waals surface area contributed by atoms with Gasteiger partial charge in [-0.3, -0.25) is 14.3 Å². The van der Waals surface area contributed by atoms with Crippen LogP contribution in [0.5, 0.6) is 5.75 Å². The van der Waals surface area contributed by atoms with Crippen LogP contribution in [0.1, 0.15) is 36.7 Å². The smallest absolute Gasteiger partial charge is 0.261 e. The van der Waals surface area contributed by atoms with Crippen LogP contribution in [0, 0.1) is 5.92 Å². The van der Waals surface area contributed by atoms with Crippen LogP contribution in [0.15, 0.2) is 77.7 Å². The van der Waals surface area contributed by atoms with Gasteiger partial charge in [-0.25, -0.2) is 8.42 Å². The van der Waals surface area contributed by atoms with E-state index in [2.05, 4.69) is 10.0 Å². The third-order valence-electron chi connectivity index (χ3n) is 5.01. The van der Waals surface area contributed by atoms with Crippen molar-refractivity contribution in [2.24, 2.45) is 5.92 Å². The molecule has 184 valence electrons. The summed E-state index contributed by atoms with van der Waals surface area (Å²) in [5.41, 5.74) is 0.649. The summed E-state index contributed by atoms with van der Waals surface area (Å²) in [5, 5.41) is 3.09. The fourth-order valence-electron chi connectivity index (χ4n) is 3.15. The minimum Gasteiger partial charge on any atom is -0.481 e. The van der Waals surface area contributed by atoms with Gasteiger partial charge >= 0.3 is 0 Å². The first-order chi connectivity index (χ1) is 16.6. The number of nitrogens with one attached hydrogen (secondary N) is 2. The van der Waals surface area contributed by atoms with Crippen LogP contribution in [0.25, 0.3) is 0 Å². The molecule has 0 aliphatic rings. The Morgan fingerprint density at radius 2 is 1.60 bits per heavy atom. The Morgan fingerprint density at radius 1 is 0.943 bits per heavy atom. The number of ketones is 1. The van der Waals surface area contributed by atoms with Gasteiger partial charge in [0.25, 0.3) is 15.9 Å². The number of hydrogen-bond donors (Lipinski definition) is 2. The van der Waals surface area contributed by atoms with Crippen molar-refractivity contribution >= 4 is 39.0 Å². The molecule has 2 N–H and O–H groups in total. The molecule has 0 fully saturated rings. The molecule has 1 amide bonds. The summed E-state index contributed by atoms with van der Waals surface area (Å²) in [6, 6.07) is 18.6. The quantitative estimate of drug-likeness (QED) is 0.374. The van der Waals surface area contributed by atoms with Crippen LogP contribution >= 0.6 is 11.6 Å². The van der Waals surface area contributed by atoms with Crippen molar-refractivity contribution in [3.05, 3.63) is 88.9 Å². The lowest BCUT2D eigenvalue weighted by atomic mass is 10.0. The molecule has 0 radical (unpaired) electrons. The van der Waals surface area contributed by atoms with Gasteiger partial charge in [-0.1, -0.05) is 55.8 Å². The largest absolute Gasteiger partial charge is 0.481 e. The lowest BCUT2D eigenvalue weighted by Crippen LogP contribution is -2.38. The van der Waals surface area contributed by atoms with Gasteiger partial charge in [-0.15, -0.1) is 0 Å². The summed E-state index contributed by atoms with van der Waals surface area (Å²) in [4.78, 5) is 25.1. The van der Waals surface area contributed by atoms with Gasteiger partial charge in [0, 0.05) is 22.7 Å². The molecule has 3 aromatic rings. The van der Waals surface area contributed by atoms with Crippen molar-refractivity contribution in [1.82, 2.24) is 5.32 Å². The molecular weight excluding hydrogens is 488 g/mol. The first kappa shape index (κ1) is 26.2. The van der Waals surface area contributed by atoms with Crippen LogP contribution in [-0.2, 0) is 14.8 Å². The van der Waals surface area contributed by atoms with E-state index in [-0.39, 0.29) is 27.8 Å². The molecule has 0 unspecified atom stereocenters. The highest BCUT2D eigenvalue weighted by atomic mass is 35.5. The number of halogens is 1. The van der Waals surface area contributed by atoms with Gasteiger partial charge in [0.2, 0.25) is 0 Å². The molecule has 9 heteroatoms. The maximum atomic E-state index is 13.0. The van der Waals surface area contributed by atoms with Crippen molar-refractivity contribution in [2.45, 2.75) is 31.8 Å². The van der Waals surface area contributed by atoms with E-state index in [9.17, 15) is 18.0 Å². The molecule has 0 heterocycles. The standard InChI is InChI=1S/C26H27ClN2O5S/c1-17(2)16-28-26(31)18(3)34-21-10-12-22(13-11-21)35(32,33)29-24-14-9-20(27)15-23(24)25(30)19-7-5-4-6-8-19/h4-15,17-18,29H,16H2,1-3H3,(H,28,31)/t18-/m0/s1. The number of ether oxygens (including phenoxy) is 1. The second-order valence-electron chi connectivity index (χ2n) is 8.36. The highest BCUT2D eigenvalue weighted by Crippen LogP contribution is 2.27. The number of benzene rings is 3. The monoisotopic (exact) mass is 514 g/mol. The zero-order chi connectivity index (χ0) is 25.6. The third kappa shape index (κ3) is 7.07.